The first-order valence-corrected chi connectivity index (χ1v) is 7.52. The van der Waals surface area contributed by atoms with Crippen molar-refractivity contribution in [1.82, 2.24) is 0 Å². The van der Waals surface area contributed by atoms with Gasteiger partial charge in [-0.3, -0.25) is 0 Å². The summed E-state index contributed by atoms with van der Waals surface area (Å²) in [4.78, 5) is 1.37. The first-order valence-electron chi connectivity index (χ1n) is 6.12. The van der Waals surface area contributed by atoms with Crippen LogP contribution < -0.4 is 0 Å². The minimum Gasteiger partial charge on any atom is -0.248 e. The van der Waals surface area contributed by atoms with E-state index in [0.29, 0.717) is 0 Å². The molecule has 0 saturated heterocycles. The second-order valence-corrected chi connectivity index (χ2v) is 5.23. The van der Waals surface area contributed by atoms with E-state index in [1.807, 2.05) is 11.8 Å². The standard InChI is InChI=1S/C15H16S.CHNS/c1-3-8-14(9-4-1)10-7-13-16-15-11-5-2-6-12-15;2-1-3/h1-6,8-9,11-12H,7,10,13H2;2H. The largest absolute Gasteiger partial charge is 0.248 e. The Labute approximate surface area is 124 Å². The molecule has 0 atom stereocenters. The minimum atomic E-state index is 1.18. The maximum absolute atomic E-state index is 5.77. The molecular formula is C16H17NS2. The average Bonchev–Trinajstić information content (AvgIpc) is 2.47. The van der Waals surface area contributed by atoms with Crippen LogP contribution in [0.15, 0.2) is 65.6 Å². The Hall–Kier alpha value is -1.41. The fourth-order valence-corrected chi connectivity index (χ4v) is 2.50. The molecule has 0 bridgehead atoms. The van der Waals surface area contributed by atoms with Crippen LogP contribution in [0, 0.1) is 5.41 Å². The number of nitrogens with one attached hydrogen (secondary N) is 1. The van der Waals surface area contributed by atoms with Gasteiger partial charge in [-0.2, -0.15) is 0 Å². The van der Waals surface area contributed by atoms with Crippen molar-refractivity contribution in [3.8, 4) is 0 Å². The Morgan fingerprint density at radius 2 is 1.47 bits per heavy atom. The van der Waals surface area contributed by atoms with Crippen LogP contribution in [-0.2, 0) is 6.42 Å². The summed E-state index contributed by atoms with van der Waals surface area (Å²) in [6.45, 7) is 0. The molecule has 0 aliphatic heterocycles. The third kappa shape index (κ3) is 7.58. The van der Waals surface area contributed by atoms with Gasteiger partial charge in [0.25, 0.3) is 0 Å². The maximum Gasteiger partial charge on any atom is 0.0554 e. The molecule has 0 aromatic heterocycles. The van der Waals surface area contributed by atoms with E-state index in [4.69, 9.17) is 5.41 Å². The monoisotopic (exact) mass is 287 g/mol. The molecule has 0 spiro atoms. The van der Waals surface area contributed by atoms with Gasteiger partial charge in [0.15, 0.2) is 0 Å². The lowest BCUT2D eigenvalue weighted by molar-refractivity contribution is 0.933. The fourth-order valence-electron chi connectivity index (χ4n) is 1.63. The van der Waals surface area contributed by atoms with Crippen LogP contribution in [0.1, 0.15) is 12.0 Å². The highest BCUT2D eigenvalue weighted by Gasteiger charge is 1.94. The number of thiocarbonyl (C=S) groups is 1. The van der Waals surface area contributed by atoms with E-state index in [1.165, 1.54) is 29.1 Å². The Bertz CT molecular complexity index is 435. The van der Waals surface area contributed by atoms with Gasteiger partial charge >= 0.3 is 0 Å². The summed E-state index contributed by atoms with van der Waals surface area (Å²) in [5, 5.41) is 7.36. The van der Waals surface area contributed by atoms with E-state index in [2.05, 4.69) is 72.9 Å². The van der Waals surface area contributed by atoms with Gasteiger partial charge in [0.05, 0.1) is 5.16 Å². The molecule has 0 amide bonds. The van der Waals surface area contributed by atoms with Crippen molar-refractivity contribution >= 4 is 29.1 Å². The lowest BCUT2D eigenvalue weighted by Gasteiger charge is -2.02. The topological polar surface area (TPSA) is 23.9 Å². The molecule has 0 fully saturated rings. The van der Waals surface area contributed by atoms with Crippen LogP contribution >= 0.6 is 24.0 Å². The number of hydrogen-bond acceptors (Lipinski definition) is 3. The Balaban J connectivity index is 0.000000550. The zero-order valence-electron chi connectivity index (χ0n) is 10.7. The Morgan fingerprint density at radius 1 is 0.947 bits per heavy atom. The predicted molar refractivity (Wildman–Crippen MR) is 87.2 cm³/mol. The molecular weight excluding hydrogens is 270 g/mol. The first kappa shape index (κ1) is 15.6. The molecule has 0 aliphatic rings. The Morgan fingerprint density at radius 3 is 2.05 bits per heavy atom. The van der Waals surface area contributed by atoms with E-state index in [9.17, 15) is 0 Å². The van der Waals surface area contributed by atoms with Crippen LogP contribution in [0.3, 0.4) is 0 Å². The Kier molecular flexibility index (Phi) is 8.65. The molecule has 1 nitrogen and oxygen atoms in total. The zero-order chi connectivity index (χ0) is 13.8. The molecule has 0 aliphatic carbocycles. The average molecular weight is 287 g/mol. The van der Waals surface area contributed by atoms with Gasteiger partial charge in [0.1, 0.15) is 0 Å². The van der Waals surface area contributed by atoms with Crippen molar-refractivity contribution < 1.29 is 0 Å². The highest BCUT2D eigenvalue weighted by atomic mass is 32.2. The lowest BCUT2D eigenvalue weighted by atomic mass is 10.1. The van der Waals surface area contributed by atoms with E-state index in [1.54, 1.807) is 5.16 Å². The summed E-state index contributed by atoms with van der Waals surface area (Å²) in [5.41, 5.74) is 1.44. The van der Waals surface area contributed by atoms with Crippen molar-refractivity contribution in [2.24, 2.45) is 0 Å². The van der Waals surface area contributed by atoms with Crippen LogP contribution in [0.25, 0.3) is 0 Å². The van der Waals surface area contributed by atoms with Gasteiger partial charge in [-0.15, -0.1) is 11.8 Å². The van der Waals surface area contributed by atoms with E-state index >= 15 is 0 Å². The molecule has 1 N–H and O–H groups in total. The number of aryl methyl sites for hydroxylation is 1. The van der Waals surface area contributed by atoms with Crippen LogP contribution in [0.4, 0.5) is 0 Å². The van der Waals surface area contributed by atoms with Crippen molar-refractivity contribution in [2.75, 3.05) is 5.75 Å². The van der Waals surface area contributed by atoms with Gasteiger partial charge in [0, 0.05) is 4.90 Å². The number of benzene rings is 2. The summed E-state index contributed by atoms with van der Waals surface area (Å²) in [6.07, 6.45) is 2.42. The molecule has 2 aromatic rings. The SMILES string of the molecule is N=C=S.c1ccc(CCCSc2ccccc2)cc1. The van der Waals surface area contributed by atoms with Crippen molar-refractivity contribution in [2.45, 2.75) is 17.7 Å². The van der Waals surface area contributed by atoms with Gasteiger partial charge in [0.2, 0.25) is 0 Å². The quantitative estimate of drug-likeness (QED) is 0.359. The van der Waals surface area contributed by atoms with Gasteiger partial charge < -0.3 is 0 Å². The van der Waals surface area contributed by atoms with Crippen LogP contribution in [0.5, 0.6) is 0 Å². The van der Waals surface area contributed by atoms with Crippen LogP contribution in [-0.4, -0.2) is 10.9 Å². The second-order valence-electron chi connectivity index (χ2n) is 3.85. The summed E-state index contributed by atoms with van der Waals surface area (Å²) >= 11 is 5.75. The molecule has 0 heterocycles. The molecule has 0 unspecified atom stereocenters. The van der Waals surface area contributed by atoms with Crippen LogP contribution in [0.2, 0.25) is 0 Å². The van der Waals surface area contributed by atoms with Gasteiger partial charge in [-0.1, -0.05) is 48.5 Å². The van der Waals surface area contributed by atoms with Gasteiger partial charge in [-0.05, 0) is 48.5 Å². The summed E-state index contributed by atoms with van der Waals surface area (Å²) in [6, 6.07) is 21.3. The molecule has 2 aromatic carbocycles. The smallest absolute Gasteiger partial charge is 0.0554 e. The third-order valence-electron chi connectivity index (χ3n) is 2.46. The van der Waals surface area contributed by atoms with E-state index in [0.717, 1.165) is 0 Å². The molecule has 2 rings (SSSR count). The minimum absolute atomic E-state index is 1.18. The molecule has 0 radical (unpaired) electrons. The fraction of sp³-hybridized carbons (Fsp3) is 0.188. The van der Waals surface area contributed by atoms with Crippen molar-refractivity contribution in [3.63, 3.8) is 0 Å². The number of thioether (sulfide) groups is 1. The van der Waals surface area contributed by atoms with Gasteiger partial charge in [-0.25, -0.2) is 5.41 Å². The van der Waals surface area contributed by atoms with Crippen molar-refractivity contribution in [1.29, 1.82) is 5.41 Å². The molecule has 19 heavy (non-hydrogen) atoms. The number of rotatable bonds is 5. The predicted octanol–water partition coefficient (Wildman–Crippen LogP) is 5.08. The molecule has 0 saturated carbocycles. The number of hydrogen-bond donors (Lipinski definition) is 1. The maximum atomic E-state index is 5.77. The summed E-state index contributed by atoms with van der Waals surface area (Å²) in [7, 11) is 0. The highest BCUT2D eigenvalue weighted by molar-refractivity contribution is 7.99. The second kappa shape index (κ2) is 10.5. The zero-order valence-corrected chi connectivity index (χ0v) is 12.3. The normalized spacial score (nSPS) is 9.05. The first-order chi connectivity index (χ1) is 9.36. The third-order valence-corrected chi connectivity index (χ3v) is 3.56. The summed E-state index contributed by atoms with van der Waals surface area (Å²) in [5.74, 6) is 1.19. The van der Waals surface area contributed by atoms with E-state index in [-0.39, 0.29) is 0 Å². The molecule has 3 heteroatoms. The highest BCUT2D eigenvalue weighted by Crippen LogP contribution is 2.18. The number of isothiocyanates is 1. The molecule has 98 valence electrons. The lowest BCUT2D eigenvalue weighted by Crippen LogP contribution is -1.87. The van der Waals surface area contributed by atoms with E-state index < -0.39 is 0 Å². The summed E-state index contributed by atoms with van der Waals surface area (Å²) < 4.78 is 0. The van der Waals surface area contributed by atoms with Crippen molar-refractivity contribution in [3.05, 3.63) is 66.2 Å².